The van der Waals surface area contributed by atoms with Crippen LogP contribution in [0.15, 0.2) is 24.3 Å². The van der Waals surface area contributed by atoms with Crippen molar-refractivity contribution in [3.8, 4) is 5.75 Å². The predicted octanol–water partition coefficient (Wildman–Crippen LogP) is 3.20. The molecule has 1 N–H and O–H groups in total. The summed E-state index contributed by atoms with van der Waals surface area (Å²) < 4.78 is 10.2. The monoisotopic (exact) mass is 390 g/mol. The Bertz CT molecular complexity index is 856. The lowest BCUT2D eigenvalue weighted by atomic mass is 10.1. The number of carbonyl (C=O) groups is 3. The molecule has 0 saturated heterocycles. The van der Waals surface area contributed by atoms with Gasteiger partial charge in [0.15, 0.2) is 0 Å². The minimum Gasteiger partial charge on any atom is -0.497 e. The maximum atomic E-state index is 12.6. The van der Waals surface area contributed by atoms with Crippen LogP contribution >= 0.6 is 11.3 Å². The van der Waals surface area contributed by atoms with Gasteiger partial charge in [-0.3, -0.25) is 9.59 Å². The highest BCUT2D eigenvalue weighted by atomic mass is 32.1. The number of hydrogen-bond acceptors (Lipinski definition) is 6. The van der Waals surface area contributed by atoms with Crippen LogP contribution in [0, 0.1) is 6.92 Å². The van der Waals surface area contributed by atoms with Crippen LogP contribution in [0.4, 0.5) is 5.00 Å². The molecule has 8 heteroatoms. The first-order valence-corrected chi connectivity index (χ1v) is 9.09. The third-order valence-corrected chi connectivity index (χ3v) is 5.00. The van der Waals surface area contributed by atoms with Crippen LogP contribution < -0.4 is 10.1 Å². The number of hydrogen-bond donors (Lipinski definition) is 1. The van der Waals surface area contributed by atoms with Crippen molar-refractivity contribution in [1.82, 2.24) is 4.90 Å². The number of thiophene rings is 1. The van der Waals surface area contributed by atoms with Gasteiger partial charge in [0.2, 0.25) is 0 Å². The summed E-state index contributed by atoms with van der Waals surface area (Å²) in [5.41, 5.74) is 1.09. The number of benzene rings is 1. The second-order valence-electron chi connectivity index (χ2n) is 5.86. The number of ether oxygens (including phenoxy) is 2. The van der Waals surface area contributed by atoms with Crippen LogP contribution in [-0.2, 0) is 4.74 Å². The topological polar surface area (TPSA) is 84.9 Å². The fourth-order valence-electron chi connectivity index (χ4n) is 2.38. The molecule has 0 aliphatic rings. The van der Waals surface area contributed by atoms with E-state index in [4.69, 9.17) is 9.47 Å². The average Bonchev–Trinajstić information content (AvgIpc) is 2.97. The highest BCUT2D eigenvalue weighted by molar-refractivity contribution is 7.18. The molecule has 0 radical (unpaired) electrons. The molecule has 2 aromatic rings. The van der Waals surface area contributed by atoms with Crippen LogP contribution in [0.5, 0.6) is 5.75 Å². The second-order valence-corrected chi connectivity index (χ2v) is 6.88. The molecule has 0 saturated carbocycles. The third-order valence-electron chi connectivity index (χ3n) is 3.81. The van der Waals surface area contributed by atoms with E-state index in [0.717, 1.165) is 11.3 Å². The quantitative estimate of drug-likeness (QED) is 0.766. The molecule has 0 atom stereocenters. The van der Waals surface area contributed by atoms with E-state index in [1.807, 2.05) is 0 Å². The molecule has 0 fully saturated rings. The van der Waals surface area contributed by atoms with Gasteiger partial charge >= 0.3 is 5.97 Å². The Hall–Kier alpha value is -2.87. The summed E-state index contributed by atoms with van der Waals surface area (Å²) in [4.78, 5) is 39.2. The average molecular weight is 390 g/mol. The van der Waals surface area contributed by atoms with E-state index in [1.54, 1.807) is 59.3 Å². The van der Waals surface area contributed by atoms with Crippen molar-refractivity contribution in [1.29, 1.82) is 0 Å². The lowest BCUT2D eigenvalue weighted by Gasteiger charge is -2.09. The van der Waals surface area contributed by atoms with E-state index in [1.165, 1.54) is 4.90 Å². The second kappa shape index (κ2) is 8.68. The zero-order valence-electron chi connectivity index (χ0n) is 15.9. The van der Waals surface area contributed by atoms with Gasteiger partial charge in [0.25, 0.3) is 11.8 Å². The van der Waals surface area contributed by atoms with Crippen molar-refractivity contribution in [2.45, 2.75) is 13.8 Å². The van der Waals surface area contributed by atoms with Gasteiger partial charge in [-0.15, -0.1) is 11.3 Å². The van der Waals surface area contributed by atoms with E-state index in [0.29, 0.717) is 21.8 Å². The first kappa shape index (κ1) is 20.4. The van der Waals surface area contributed by atoms with Crippen LogP contribution in [0.1, 0.15) is 42.9 Å². The standard InChI is InChI=1S/C19H22N2O5S/c1-6-26-19(24)14-11(2)15(18(23)21(3)4)27-17(14)20-16(22)12-7-9-13(25-5)10-8-12/h7-10H,6H2,1-5H3,(H,20,22). The summed E-state index contributed by atoms with van der Waals surface area (Å²) in [6.07, 6.45) is 0. The molecule has 0 aliphatic carbocycles. The summed E-state index contributed by atoms with van der Waals surface area (Å²) >= 11 is 1.06. The van der Waals surface area contributed by atoms with Gasteiger partial charge in [-0.05, 0) is 43.7 Å². The van der Waals surface area contributed by atoms with Crippen molar-refractivity contribution in [3.63, 3.8) is 0 Å². The molecule has 27 heavy (non-hydrogen) atoms. The molecular formula is C19H22N2O5S. The minimum absolute atomic E-state index is 0.191. The smallest absolute Gasteiger partial charge is 0.341 e. The molecule has 0 bridgehead atoms. The summed E-state index contributed by atoms with van der Waals surface area (Å²) in [5, 5.41) is 3.01. The molecule has 2 amide bonds. The Morgan fingerprint density at radius 1 is 1.15 bits per heavy atom. The number of rotatable bonds is 6. The summed E-state index contributed by atoms with van der Waals surface area (Å²) in [6, 6.07) is 6.57. The molecule has 1 aromatic heterocycles. The van der Waals surface area contributed by atoms with E-state index < -0.39 is 11.9 Å². The fourth-order valence-corrected chi connectivity index (χ4v) is 3.59. The maximum absolute atomic E-state index is 12.6. The molecule has 2 rings (SSSR count). The number of carbonyl (C=O) groups excluding carboxylic acids is 3. The third kappa shape index (κ3) is 4.46. The molecule has 0 spiro atoms. The molecular weight excluding hydrogens is 368 g/mol. The molecule has 1 aromatic carbocycles. The van der Waals surface area contributed by atoms with E-state index in [9.17, 15) is 14.4 Å². The van der Waals surface area contributed by atoms with E-state index in [2.05, 4.69) is 5.32 Å². The van der Waals surface area contributed by atoms with Crippen LogP contribution in [0.25, 0.3) is 0 Å². The lowest BCUT2D eigenvalue weighted by molar-refractivity contribution is 0.0527. The predicted molar refractivity (Wildman–Crippen MR) is 104 cm³/mol. The van der Waals surface area contributed by atoms with Crippen molar-refractivity contribution < 1.29 is 23.9 Å². The summed E-state index contributed by atoms with van der Waals surface area (Å²) in [7, 11) is 4.79. The maximum Gasteiger partial charge on any atom is 0.341 e. The van der Waals surface area contributed by atoms with Crippen molar-refractivity contribution in [2.24, 2.45) is 0 Å². The highest BCUT2D eigenvalue weighted by Gasteiger charge is 2.27. The van der Waals surface area contributed by atoms with Gasteiger partial charge in [-0.25, -0.2) is 4.79 Å². The van der Waals surface area contributed by atoms with Crippen LogP contribution in [-0.4, -0.2) is 50.5 Å². The fraction of sp³-hybridized carbons (Fsp3) is 0.316. The number of nitrogens with one attached hydrogen (secondary N) is 1. The Morgan fingerprint density at radius 2 is 1.78 bits per heavy atom. The molecule has 0 aliphatic heterocycles. The zero-order chi connectivity index (χ0) is 20.1. The molecule has 144 valence electrons. The lowest BCUT2D eigenvalue weighted by Crippen LogP contribution is -2.21. The number of nitrogens with zero attached hydrogens (tertiary/aromatic N) is 1. The van der Waals surface area contributed by atoms with Gasteiger partial charge in [-0.1, -0.05) is 0 Å². The van der Waals surface area contributed by atoms with Gasteiger partial charge in [0.1, 0.15) is 10.8 Å². The summed E-state index contributed by atoms with van der Waals surface area (Å²) in [6.45, 7) is 3.56. The first-order valence-electron chi connectivity index (χ1n) is 8.27. The van der Waals surface area contributed by atoms with Crippen molar-refractivity contribution in [2.75, 3.05) is 33.1 Å². The van der Waals surface area contributed by atoms with Crippen LogP contribution in [0.3, 0.4) is 0 Å². The Balaban J connectivity index is 2.40. The Kier molecular flexibility index (Phi) is 6.57. The zero-order valence-corrected chi connectivity index (χ0v) is 16.7. The number of methoxy groups -OCH3 is 1. The number of anilines is 1. The Labute approximate surface area is 161 Å². The van der Waals surface area contributed by atoms with Gasteiger partial charge in [-0.2, -0.15) is 0 Å². The molecule has 1 heterocycles. The van der Waals surface area contributed by atoms with Crippen molar-refractivity contribution in [3.05, 3.63) is 45.8 Å². The SMILES string of the molecule is CCOC(=O)c1c(NC(=O)c2ccc(OC)cc2)sc(C(=O)N(C)C)c1C. The number of amides is 2. The van der Waals surface area contributed by atoms with E-state index in [-0.39, 0.29) is 23.1 Å². The normalized spacial score (nSPS) is 10.3. The van der Waals surface area contributed by atoms with E-state index >= 15 is 0 Å². The summed E-state index contributed by atoms with van der Waals surface area (Å²) in [5.74, 6) is -0.583. The van der Waals surface area contributed by atoms with Gasteiger partial charge < -0.3 is 19.7 Å². The number of esters is 1. The molecule has 7 nitrogen and oxygen atoms in total. The largest absolute Gasteiger partial charge is 0.497 e. The highest BCUT2D eigenvalue weighted by Crippen LogP contribution is 2.34. The van der Waals surface area contributed by atoms with Gasteiger partial charge in [0, 0.05) is 19.7 Å². The molecule has 0 unspecified atom stereocenters. The Morgan fingerprint density at radius 3 is 2.30 bits per heavy atom. The van der Waals surface area contributed by atoms with Crippen molar-refractivity contribution >= 4 is 34.1 Å². The first-order chi connectivity index (χ1) is 12.8. The van der Waals surface area contributed by atoms with Crippen LogP contribution in [0.2, 0.25) is 0 Å². The minimum atomic E-state index is -0.575. The van der Waals surface area contributed by atoms with Gasteiger partial charge in [0.05, 0.1) is 24.2 Å².